The Bertz CT molecular complexity index is 959. The Morgan fingerprint density at radius 2 is 1.72 bits per heavy atom. The van der Waals surface area contributed by atoms with Crippen LogP contribution in [0.1, 0.15) is 10.4 Å². The standard InChI is InChI=1S/C19H19F2NO6S/c20-14-1-6-17(18(21)13-14)19(23)28-12-11-27-15-2-4-16(5-3-15)29(24,25)22-7-9-26-10-8-22/h1-6,13H,7-12H2. The van der Waals surface area contributed by atoms with Crippen LogP contribution in [0.2, 0.25) is 0 Å². The molecule has 1 fully saturated rings. The zero-order chi connectivity index (χ0) is 20.9. The predicted octanol–water partition coefficient (Wildman–Crippen LogP) is 2.22. The van der Waals surface area contributed by atoms with Crippen molar-refractivity contribution in [2.24, 2.45) is 0 Å². The van der Waals surface area contributed by atoms with Gasteiger partial charge in [0.25, 0.3) is 0 Å². The van der Waals surface area contributed by atoms with E-state index in [9.17, 15) is 22.0 Å². The van der Waals surface area contributed by atoms with Crippen molar-refractivity contribution in [1.82, 2.24) is 4.31 Å². The number of carbonyl (C=O) groups is 1. The summed E-state index contributed by atoms with van der Waals surface area (Å²) in [6.07, 6.45) is 0. The molecule has 2 aromatic carbocycles. The normalized spacial score (nSPS) is 15.1. The highest BCUT2D eigenvalue weighted by Crippen LogP contribution is 2.20. The Morgan fingerprint density at radius 1 is 1.03 bits per heavy atom. The molecule has 3 rings (SSSR count). The second-order valence-electron chi connectivity index (χ2n) is 6.10. The molecule has 1 heterocycles. The molecule has 7 nitrogen and oxygen atoms in total. The number of nitrogens with zero attached hydrogens (tertiary/aromatic N) is 1. The van der Waals surface area contributed by atoms with E-state index in [0.717, 1.165) is 12.1 Å². The zero-order valence-corrected chi connectivity index (χ0v) is 16.2. The third-order valence-corrected chi connectivity index (χ3v) is 6.08. The summed E-state index contributed by atoms with van der Waals surface area (Å²) in [6, 6.07) is 8.41. The van der Waals surface area contributed by atoms with Crippen molar-refractivity contribution in [1.29, 1.82) is 0 Å². The fourth-order valence-electron chi connectivity index (χ4n) is 2.67. The van der Waals surface area contributed by atoms with Crippen molar-refractivity contribution < 1.29 is 36.2 Å². The lowest BCUT2D eigenvalue weighted by Crippen LogP contribution is -2.40. The van der Waals surface area contributed by atoms with Crippen LogP contribution in [0, 0.1) is 11.6 Å². The van der Waals surface area contributed by atoms with Gasteiger partial charge < -0.3 is 14.2 Å². The Kier molecular flexibility index (Phi) is 6.78. The molecule has 0 amide bonds. The highest BCUT2D eigenvalue weighted by Gasteiger charge is 2.26. The van der Waals surface area contributed by atoms with Gasteiger partial charge in [0.2, 0.25) is 10.0 Å². The number of rotatable bonds is 7. The first-order valence-corrected chi connectivity index (χ1v) is 10.2. The molecule has 0 radical (unpaired) electrons. The number of carbonyl (C=O) groups excluding carboxylic acids is 1. The predicted molar refractivity (Wildman–Crippen MR) is 98.2 cm³/mol. The minimum atomic E-state index is -3.59. The Labute approximate surface area is 166 Å². The minimum absolute atomic E-state index is 0.0237. The van der Waals surface area contributed by atoms with Crippen LogP contribution in [-0.2, 0) is 19.5 Å². The topological polar surface area (TPSA) is 82.1 Å². The summed E-state index contributed by atoms with van der Waals surface area (Å²) in [7, 11) is -3.59. The molecule has 156 valence electrons. The average Bonchev–Trinajstić information content (AvgIpc) is 2.72. The van der Waals surface area contributed by atoms with Crippen molar-refractivity contribution in [3.63, 3.8) is 0 Å². The van der Waals surface area contributed by atoms with E-state index < -0.39 is 27.6 Å². The summed E-state index contributed by atoms with van der Waals surface area (Å²) in [4.78, 5) is 11.9. The van der Waals surface area contributed by atoms with Gasteiger partial charge in [0.05, 0.1) is 23.7 Å². The Morgan fingerprint density at radius 3 is 2.38 bits per heavy atom. The number of hydrogen-bond acceptors (Lipinski definition) is 6. The first-order valence-electron chi connectivity index (χ1n) is 8.81. The maximum Gasteiger partial charge on any atom is 0.341 e. The van der Waals surface area contributed by atoms with E-state index in [-0.39, 0.29) is 23.7 Å². The van der Waals surface area contributed by atoms with Crippen LogP contribution in [0.4, 0.5) is 8.78 Å². The summed E-state index contributed by atoms with van der Waals surface area (Å²) < 4.78 is 68.2. The van der Waals surface area contributed by atoms with E-state index in [4.69, 9.17) is 14.2 Å². The summed E-state index contributed by atoms with van der Waals surface area (Å²) in [5.41, 5.74) is -0.371. The monoisotopic (exact) mass is 427 g/mol. The number of halogens is 2. The second-order valence-corrected chi connectivity index (χ2v) is 8.03. The highest BCUT2D eigenvalue weighted by atomic mass is 32.2. The summed E-state index contributed by atoms with van der Waals surface area (Å²) >= 11 is 0. The van der Waals surface area contributed by atoms with Crippen LogP contribution in [-0.4, -0.2) is 58.2 Å². The lowest BCUT2D eigenvalue weighted by molar-refractivity contribution is 0.0445. The molecule has 0 N–H and O–H groups in total. The molecule has 0 saturated carbocycles. The maximum atomic E-state index is 13.5. The molecule has 1 saturated heterocycles. The first-order chi connectivity index (χ1) is 13.9. The van der Waals surface area contributed by atoms with E-state index in [1.165, 1.54) is 28.6 Å². The molecule has 1 aliphatic heterocycles. The molecule has 0 aliphatic carbocycles. The molecule has 10 heteroatoms. The summed E-state index contributed by atoms with van der Waals surface area (Å²) in [5.74, 6) is -2.34. The average molecular weight is 427 g/mol. The van der Waals surface area contributed by atoms with Gasteiger partial charge in [-0.3, -0.25) is 0 Å². The smallest absolute Gasteiger partial charge is 0.341 e. The van der Waals surface area contributed by atoms with E-state index >= 15 is 0 Å². The molecule has 1 aliphatic rings. The summed E-state index contributed by atoms with van der Waals surface area (Å²) in [5, 5.41) is 0. The largest absolute Gasteiger partial charge is 0.490 e. The molecular formula is C19H19F2NO6S. The van der Waals surface area contributed by atoms with Crippen LogP contribution in [0.3, 0.4) is 0 Å². The number of ether oxygens (including phenoxy) is 3. The molecule has 2 aromatic rings. The van der Waals surface area contributed by atoms with E-state index in [2.05, 4.69) is 0 Å². The van der Waals surface area contributed by atoms with Gasteiger partial charge in [0.15, 0.2) is 0 Å². The lowest BCUT2D eigenvalue weighted by atomic mass is 10.2. The fraction of sp³-hybridized carbons (Fsp3) is 0.316. The maximum absolute atomic E-state index is 13.5. The number of hydrogen-bond donors (Lipinski definition) is 0. The second kappa shape index (κ2) is 9.29. The molecule has 29 heavy (non-hydrogen) atoms. The van der Waals surface area contributed by atoms with Crippen LogP contribution < -0.4 is 4.74 Å². The van der Waals surface area contributed by atoms with Crippen molar-refractivity contribution in [2.45, 2.75) is 4.90 Å². The van der Waals surface area contributed by atoms with Crippen molar-refractivity contribution >= 4 is 16.0 Å². The molecule has 0 atom stereocenters. The number of morpholine rings is 1. The van der Waals surface area contributed by atoms with E-state index in [1.807, 2.05) is 0 Å². The minimum Gasteiger partial charge on any atom is -0.490 e. The lowest BCUT2D eigenvalue weighted by Gasteiger charge is -2.26. The van der Waals surface area contributed by atoms with Crippen molar-refractivity contribution in [2.75, 3.05) is 39.5 Å². The van der Waals surface area contributed by atoms with E-state index in [1.54, 1.807) is 0 Å². The van der Waals surface area contributed by atoms with Crippen LogP contribution >= 0.6 is 0 Å². The quantitative estimate of drug-likeness (QED) is 0.498. The molecule has 0 spiro atoms. The van der Waals surface area contributed by atoms with Gasteiger partial charge in [-0.2, -0.15) is 4.31 Å². The van der Waals surface area contributed by atoms with Crippen molar-refractivity contribution in [3.05, 3.63) is 59.7 Å². The van der Waals surface area contributed by atoms with Gasteiger partial charge >= 0.3 is 5.97 Å². The van der Waals surface area contributed by atoms with Gasteiger partial charge in [-0.1, -0.05) is 0 Å². The van der Waals surface area contributed by atoms with E-state index in [0.29, 0.717) is 38.1 Å². The molecule has 0 aromatic heterocycles. The van der Waals surface area contributed by atoms with Crippen LogP contribution in [0.15, 0.2) is 47.4 Å². The van der Waals surface area contributed by atoms with Gasteiger partial charge in [-0.15, -0.1) is 0 Å². The molecular weight excluding hydrogens is 408 g/mol. The number of benzene rings is 2. The fourth-order valence-corrected chi connectivity index (χ4v) is 4.08. The van der Waals surface area contributed by atoms with Gasteiger partial charge in [-0.25, -0.2) is 22.0 Å². The van der Waals surface area contributed by atoms with Gasteiger partial charge in [0.1, 0.15) is 30.6 Å². The number of sulfonamides is 1. The van der Waals surface area contributed by atoms with Crippen LogP contribution in [0.25, 0.3) is 0 Å². The highest BCUT2D eigenvalue weighted by molar-refractivity contribution is 7.89. The Hall–Kier alpha value is -2.56. The van der Waals surface area contributed by atoms with Crippen LogP contribution in [0.5, 0.6) is 5.75 Å². The summed E-state index contributed by atoms with van der Waals surface area (Å²) in [6.45, 7) is 1.15. The SMILES string of the molecule is O=C(OCCOc1ccc(S(=O)(=O)N2CCOCC2)cc1)c1ccc(F)cc1F. The van der Waals surface area contributed by atoms with Gasteiger partial charge in [0, 0.05) is 19.2 Å². The Balaban J connectivity index is 1.49. The zero-order valence-electron chi connectivity index (χ0n) is 15.3. The molecule has 0 unspecified atom stereocenters. The van der Waals surface area contributed by atoms with Gasteiger partial charge in [-0.05, 0) is 36.4 Å². The van der Waals surface area contributed by atoms with Crippen molar-refractivity contribution in [3.8, 4) is 5.75 Å². The third-order valence-electron chi connectivity index (χ3n) is 4.17. The first kappa shape index (κ1) is 21.2. The number of esters is 1. The molecule has 0 bridgehead atoms. The third kappa shape index (κ3) is 5.28.